The molecule has 0 aliphatic heterocycles. The second kappa shape index (κ2) is 8.17. The third-order valence-electron chi connectivity index (χ3n) is 3.88. The third-order valence-corrected chi connectivity index (χ3v) is 5.03. The van der Waals surface area contributed by atoms with Gasteiger partial charge in [-0.2, -0.15) is 0 Å². The van der Waals surface area contributed by atoms with Crippen LogP contribution in [0.2, 0.25) is 5.02 Å². The van der Waals surface area contributed by atoms with E-state index in [1.165, 1.54) is 4.88 Å². The Kier molecular flexibility index (Phi) is 6.47. The number of hydrogen-bond acceptors (Lipinski definition) is 2. The molecule has 0 saturated heterocycles. The number of carbonyl (C=O) groups excluding carboxylic acids is 1. The Morgan fingerprint density at radius 3 is 2.42 bits per heavy atom. The van der Waals surface area contributed by atoms with Crippen LogP contribution in [-0.4, -0.2) is 16.8 Å². The molecule has 0 fully saturated rings. The quantitative estimate of drug-likeness (QED) is 0.635. The maximum Gasteiger partial charge on any atom is 0.223 e. The highest BCUT2D eigenvalue weighted by Gasteiger charge is 2.25. The highest BCUT2D eigenvalue weighted by atomic mass is 35.5. The van der Waals surface area contributed by atoms with E-state index in [-0.39, 0.29) is 17.4 Å². The summed E-state index contributed by atoms with van der Waals surface area (Å²) in [6.45, 7) is 9.08. The van der Waals surface area contributed by atoms with E-state index in [9.17, 15) is 4.79 Å². The number of rotatable bonds is 6. The summed E-state index contributed by atoms with van der Waals surface area (Å²) in [4.78, 5) is 16.2. The maximum absolute atomic E-state index is 12.9. The van der Waals surface area contributed by atoms with Gasteiger partial charge in [-0.1, -0.05) is 50.6 Å². The molecule has 2 aromatic rings. The summed E-state index contributed by atoms with van der Waals surface area (Å²) in [7, 11) is 0. The van der Waals surface area contributed by atoms with Crippen LogP contribution in [0.3, 0.4) is 0 Å². The molecule has 0 aliphatic rings. The van der Waals surface area contributed by atoms with Crippen LogP contribution >= 0.6 is 22.9 Å². The average molecular weight is 364 g/mol. The number of halogens is 1. The molecule has 1 amide bonds. The Bertz CT molecular complexity index is 643. The summed E-state index contributed by atoms with van der Waals surface area (Å²) >= 11 is 7.72. The molecule has 0 saturated carbocycles. The molecule has 2 rings (SSSR count). The van der Waals surface area contributed by atoms with Gasteiger partial charge in [-0.05, 0) is 41.5 Å². The molecule has 0 N–H and O–H groups in total. The molecule has 130 valence electrons. The number of thiophene rings is 1. The van der Waals surface area contributed by atoms with Crippen molar-refractivity contribution in [1.82, 2.24) is 4.90 Å². The average Bonchev–Trinajstić information content (AvgIpc) is 2.97. The Balaban J connectivity index is 2.16. The van der Waals surface area contributed by atoms with Crippen molar-refractivity contribution in [1.29, 1.82) is 0 Å². The first kappa shape index (κ1) is 19.0. The normalized spacial score (nSPS) is 12.9. The SMILES string of the molecule is CC(Cc1cccs1)N(Cc1ccc(Cl)cc1)C(=O)CC(C)(C)C. The van der Waals surface area contributed by atoms with Crippen molar-refractivity contribution in [2.75, 3.05) is 0 Å². The fourth-order valence-corrected chi connectivity index (χ4v) is 3.61. The molecule has 1 aromatic heterocycles. The van der Waals surface area contributed by atoms with E-state index in [2.05, 4.69) is 45.2 Å². The minimum Gasteiger partial charge on any atom is -0.335 e. The van der Waals surface area contributed by atoms with Gasteiger partial charge in [0, 0.05) is 35.3 Å². The van der Waals surface area contributed by atoms with Crippen LogP contribution in [0.15, 0.2) is 41.8 Å². The van der Waals surface area contributed by atoms with Gasteiger partial charge in [0.05, 0.1) is 0 Å². The summed E-state index contributed by atoms with van der Waals surface area (Å²) in [5.41, 5.74) is 1.09. The monoisotopic (exact) mass is 363 g/mol. The molecule has 1 atom stereocenters. The van der Waals surface area contributed by atoms with E-state index in [0.717, 1.165) is 17.0 Å². The van der Waals surface area contributed by atoms with Crippen molar-refractivity contribution in [3.63, 3.8) is 0 Å². The van der Waals surface area contributed by atoms with E-state index in [1.54, 1.807) is 11.3 Å². The van der Waals surface area contributed by atoms with E-state index in [0.29, 0.717) is 13.0 Å². The largest absolute Gasteiger partial charge is 0.335 e. The summed E-state index contributed by atoms with van der Waals surface area (Å²) in [5, 5.41) is 2.81. The minimum absolute atomic E-state index is 0.0159. The zero-order chi connectivity index (χ0) is 17.7. The lowest BCUT2D eigenvalue weighted by atomic mass is 9.91. The smallest absolute Gasteiger partial charge is 0.223 e. The first-order chi connectivity index (χ1) is 11.2. The van der Waals surface area contributed by atoms with Crippen molar-refractivity contribution in [3.05, 3.63) is 57.2 Å². The number of carbonyl (C=O) groups is 1. The fourth-order valence-electron chi connectivity index (χ4n) is 2.66. The predicted molar refractivity (Wildman–Crippen MR) is 104 cm³/mol. The highest BCUT2D eigenvalue weighted by Crippen LogP contribution is 2.24. The van der Waals surface area contributed by atoms with Crippen LogP contribution < -0.4 is 0 Å². The first-order valence-electron chi connectivity index (χ1n) is 8.31. The molecular formula is C20H26ClNOS. The zero-order valence-corrected chi connectivity index (χ0v) is 16.5. The molecule has 0 radical (unpaired) electrons. The standard InChI is InChI=1S/C20H26ClNOS/c1-15(12-18-6-5-11-24-18)22(19(23)13-20(2,3)4)14-16-7-9-17(21)10-8-16/h5-11,15H,12-14H2,1-4H3. The summed E-state index contributed by atoms with van der Waals surface area (Å²) in [6, 6.07) is 12.1. The van der Waals surface area contributed by atoms with Gasteiger partial charge in [-0.3, -0.25) is 4.79 Å². The minimum atomic E-state index is -0.0159. The molecule has 0 aliphatic carbocycles. The first-order valence-corrected chi connectivity index (χ1v) is 9.57. The number of benzene rings is 1. The summed E-state index contributed by atoms with van der Waals surface area (Å²) < 4.78 is 0. The van der Waals surface area contributed by atoms with E-state index in [4.69, 9.17) is 11.6 Å². The van der Waals surface area contributed by atoms with Crippen molar-refractivity contribution in [2.45, 2.75) is 53.1 Å². The number of hydrogen-bond donors (Lipinski definition) is 0. The van der Waals surface area contributed by atoms with Gasteiger partial charge in [0.15, 0.2) is 0 Å². The third kappa shape index (κ3) is 5.95. The molecule has 2 nitrogen and oxygen atoms in total. The topological polar surface area (TPSA) is 20.3 Å². The molecule has 1 heterocycles. The summed E-state index contributed by atoms with van der Waals surface area (Å²) in [5.74, 6) is 0.210. The van der Waals surface area contributed by atoms with Gasteiger partial charge in [-0.15, -0.1) is 11.3 Å². The van der Waals surface area contributed by atoms with Crippen LogP contribution in [0.25, 0.3) is 0 Å². The lowest BCUT2D eigenvalue weighted by molar-refractivity contribution is -0.135. The molecule has 24 heavy (non-hydrogen) atoms. The predicted octanol–water partition coefficient (Wildman–Crippen LogP) is 5.80. The Hall–Kier alpha value is -1.32. The van der Waals surface area contributed by atoms with Crippen LogP contribution in [0.1, 0.15) is 44.6 Å². The Morgan fingerprint density at radius 1 is 1.21 bits per heavy atom. The van der Waals surface area contributed by atoms with Crippen LogP contribution in [0.4, 0.5) is 0 Å². The highest BCUT2D eigenvalue weighted by molar-refractivity contribution is 7.09. The molecule has 4 heteroatoms. The van der Waals surface area contributed by atoms with Crippen LogP contribution in [0.5, 0.6) is 0 Å². The number of amides is 1. The maximum atomic E-state index is 12.9. The lowest BCUT2D eigenvalue weighted by Crippen LogP contribution is -2.40. The van der Waals surface area contributed by atoms with Gasteiger partial charge in [0.25, 0.3) is 0 Å². The van der Waals surface area contributed by atoms with Gasteiger partial charge in [0.2, 0.25) is 5.91 Å². The van der Waals surface area contributed by atoms with Crippen LogP contribution in [0, 0.1) is 5.41 Å². The van der Waals surface area contributed by atoms with Gasteiger partial charge in [-0.25, -0.2) is 0 Å². The Labute approximate surface area is 154 Å². The van der Waals surface area contributed by atoms with Gasteiger partial charge >= 0.3 is 0 Å². The second-order valence-corrected chi connectivity index (χ2v) is 8.99. The van der Waals surface area contributed by atoms with Crippen molar-refractivity contribution >= 4 is 28.8 Å². The second-order valence-electron chi connectivity index (χ2n) is 7.52. The van der Waals surface area contributed by atoms with Gasteiger partial charge in [0.1, 0.15) is 0 Å². The van der Waals surface area contributed by atoms with E-state index >= 15 is 0 Å². The molecular weight excluding hydrogens is 338 g/mol. The lowest BCUT2D eigenvalue weighted by Gasteiger charge is -2.32. The fraction of sp³-hybridized carbons (Fsp3) is 0.450. The molecule has 0 bridgehead atoms. The van der Waals surface area contributed by atoms with E-state index < -0.39 is 0 Å². The molecule has 0 spiro atoms. The van der Waals surface area contributed by atoms with Gasteiger partial charge < -0.3 is 4.90 Å². The Morgan fingerprint density at radius 2 is 1.88 bits per heavy atom. The van der Waals surface area contributed by atoms with E-state index in [1.807, 2.05) is 29.2 Å². The number of nitrogens with zero attached hydrogens (tertiary/aromatic N) is 1. The molecule has 1 aromatic carbocycles. The van der Waals surface area contributed by atoms with Crippen molar-refractivity contribution in [3.8, 4) is 0 Å². The van der Waals surface area contributed by atoms with Crippen molar-refractivity contribution in [2.24, 2.45) is 5.41 Å². The van der Waals surface area contributed by atoms with Crippen LogP contribution in [-0.2, 0) is 17.8 Å². The van der Waals surface area contributed by atoms with Crippen molar-refractivity contribution < 1.29 is 4.79 Å². The zero-order valence-electron chi connectivity index (χ0n) is 14.9. The summed E-state index contributed by atoms with van der Waals surface area (Å²) in [6.07, 6.45) is 1.44. The molecule has 1 unspecified atom stereocenters.